The Bertz CT molecular complexity index is 1320. The molecule has 34 heavy (non-hydrogen) atoms. The van der Waals surface area contributed by atoms with Crippen molar-refractivity contribution >= 4 is 11.6 Å². The first kappa shape index (κ1) is 22.3. The third-order valence-electron chi connectivity index (χ3n) is 4.86. The molecule has 0 fully saturated rings. The van der Waals surface area contributed by atoms with E-state index in [1.54, 1.807) is 24.3 Å². The Morgan fingerprint density at radius 3 is 2.41 bits per heavy atom. The van der Waals surface area contributed by atoms with E-state index in [4.69, 9.17) is 9.26 Å². The Kier molecular flexibility index (Phi) is 6.40. The fourth-order valence-corrected chi connectivity index (χ4v) is 3.19. The van der Waals surface area contributed by atoms with Crippen LogP contribution in [0.1, 0.15) is 16.1 Å². The van der Waals surface area contributed by atoms with E-state index < -0.39 is 5.91 Å². The van der Waals surface area contributed by atoms with Gasteiger partial charge in [0.25, 0.3) is 5.91 Å². The molecular weight excluding hydrogens is 442 g/mol. The van der Waals surface area contributed by atoms with Gasteiger partial charge in [-0.25, -0.2) is 0 Å². The lowest BCUT2D eigenvalue weighted by atomic mass is 10.1. The van der Waals surface area contributed by atoms with E-state index in [1.807, 2.05) is 0 Å². The molecule has 10 nitrogen and oxygen atoms in total. The number of hydrogen-bond acceptors (Lipinski definition) is 9. The number of nitrogens with one attached hydrogen (secondary N) is 1. The van der Waals surface area contributed by atoms with Gasteiger partial charge in [-0.3, -0.25) is 4.79 Å². The second kappa shape index (κ2) is 9.74. The Balaban J connectivity index is 1.50. The van der Waals surface area contributed by atoms with Gasteiger partial charge in [-0.2, -0.15) is 0 Å². The number of rotatable bonds is 8. The molecule has 0 aliphatic rings. The maximum atomic E-state index is 12.5. The number of aromatic hydroxyl groups is 3. The van der Waals surface area contributed by atoms with Crippen LogP contribution in [0.5, 0.6) is 28.7 Å². The Morgan fingerprint density at radius 1 is 0.971 bits per heavy atom. The number of benzene rings is 3. The van der Waals surface area contributed by atoms with E-state index in [2.05, 4.69) is 15.7 Å². The molecule has 0 radical (unpaired) electrons. The minimum atomic E-state index is -0.480. The van der Waals surface area contributed by atoms with Gasteiger partial charge >= 0.3 is 0 Å². The molecule has 0 aliphatic heterocycles. The Morgan fingerprint density at radius 2 is 1.71 bits per heavy atom. The van der Waals surface area contributed by atoms with Crippen LogP contribution in [0.2, 0.25) is 0 Å². The van der Waals surface area contributed by atoms with Crippen LogP contribution in [0, 0.1) is 4.91 Å². The number of nitroso groups, excluding NO2 is 1. The molecule has 172 valence electrons. The van der Waals surface area contributed by atoms with Crippen LogP contribution in [0.25, 0.3) is 11.3 Å². The summed E-state index contributed by atoms with van der Waals surface area (Å²) in [6.45, 7) is 0.330. The minimum Gasteiger partial charge on any atom is -0.508 e. The van der Waals surface area contributed by atoms with Crippen molar-refractivity contribution in [3.63, 3.8) is 0 Å². The zero-order valence-electron chi connectivity index (χ0n) is 17.6. The Hall–Kier alpha value is -4.86. The third kappa shape index (κ3) is 5.13. The first-order chi connectivity index (χ1) is 16.4. The number of hydrogen-bond donors (Lipinski definition) is 4. The van der Waals surface area contributed by atoms with Crippen molar-refractivity contribution < 1.29 is 29.4 Å². The van der Waals surface area contributed by atoms with Crippen LogP contribution in [-0.4, -0.2) is 32.9 Å². The summed E-state index contributed by atoms with van der Waals surface area (Å²) in [6.07, 6.45) is 0.548. The van der Waals surface area contributed by atoms with E-state index in [0.717, 1.165) is 11.6 Å². The van der Waals surface area contributed by atoms with Crippen molar-refractivity contribution in [1.29, 1.82) is 0 Å². The standard InChI is InChI=1S/C24H19N3O7/c28-16-5-1-14(2-6-16)9-10-25-24(31)19-13-22(34-27-19)23-20(30)11-17(29)12-21(23)33-18-7-3-15(26-32)4-8-18/h1-8,11-13,28-30H,9-10H2,(H,25,31). The van der Waals surface area contributed by atoms with E-state index in [1.165, 1.54) is 36.4 Å². The molecular formula is C24H19N3O7. The molecule has 4 aromatic rings. The van der Waals surface area contributed by atoms with Gasteiger partial charge in [-0.1, -0.05) is 17.3 Å². The van der Waals surface area contributed by atoms with Crippen LogP contribution in [-0.2, 0) is 6.42 Å². The van der Waals surface area contributed by atoms with Crippen molar-refractivity contribution in [2.24, 2.45) is 5.18 Å². The fourth-order valence-electron chi connectivity index (χ4n) is 3.19. The summed E-state index contributed by atoms with van der Waals surface area (Å²) < 4.78 is 11.0. The normalized spacial score (nSPS) is 10.6. The molecule has 4 rings (SSSR count). The zero-order chi connectivity index (χ0) is 24.1. The summed E-state index contributed by atoms with van der Waals surface area (Å²) in [5.74, 6) is -0.525. The molecule has 0 bridgehead atoms. The van der Waals surface area contributed by atoms with Crippen LogP contribution in [0.3, 0.4) is 0 Å². The molecule has 0 saturated heterocycles. The van der Waals surface area contributed by atoms with E-state index in [-0.39, 0.29) is 45.7 Å². The highest BCUT2D eigenvalue weighted by molar-refractivity contribution is 5.93. The highest BCUT2D eigenvalue weighted by Crippen LogP contribution is 2.43. The van der Waals surface area contributed by atoms with Gasteiger partial charge in [0.2, 0.25) is 0 Å². The predicted octanol–water partition coefficient (Wildman–Crippen LogP) is 4.62. The largest absolute Gasteiger partial charge is 0.508 e. The molecule has 3 aromatic carbocycles. The topological polar surface area (TPSA) is 154 Å². The first-order valence-corrected chi connectivity index (χ1v) is 10.1. The summed E-state index contributed by atoms with van der Waals surface area (Å²) in [7, 11) is 0. The number of carbonyl (C=O) groups is 1. The van der Waals surface area contributed by atoms with E-state index >= 15 is 0 Å². The summed E-state index contributed by atoms with van der Waals surface area (Å²) in [4.78, 5) is 23.1. The first-order valence-electron chi connectivity index (χ1n) is 10.1. The molecule has 0 atom stereocenters. The van der Waals surface area contributed by atoms with Crippen molar-refractivity contribution in [2.45, 2.75) is 6.42 Å². The Labute approximate surface area is 193 Å². The van der Waals surface area contributed by atoms with Gasteiger partial charge in [0.15, 0.2) is 11.5 Å². The van der Waals surface area contributed by atoms with Gasteiger partial charge in [0, 0.05) is 24.7 Å². The molecule has 0 saturated carbocycles. The average molecular weight is 461 g/mol. The number of phenols is 3. The van der Waals surface area contributed by atoms with Gasteiger partial charge < -0.3 is 29.9 Å². The number of amides is 1. The highest BCUT2D eigenvalue weighted by Gasteiger charge is 2.21. The fraction of sp³-hybridized carbons (Fsp3) is 0.0833. The number of aromatic nitrogens is 1. The number of phenolic OH excluding ortho intramolecular Hbond substituents is 3. The highest BCUT2D eigenvalue weighted by atomic mass is 16.5. The lowest BCUT2D eigenvalue weighted by Crippen LogP contribution is -2.25. The number of carbonyl (C=O) groups excluding carboxylic acids is 1. The zero-order valence-corrected chi connectivity index (χ0v) is 17.6. The van der Waals surface area contributed by atoms with E-state index in [9.17, 15) is 25.0 Å². The SMILES string of the molecule is O=Nc1ccc(Oc2cc(O)cc(O)c2-c2cc(C(=O)NCCc3ccc(O)cc3)no2)cc1. The molecule has 1 amide bonds. The second-order valence-corrected chi connectivity index (χ2v) is 7.27. The number of ether oxygens (including phenoxy) is 1. The summed E-state index contributed by atoms with van der Waals surface area (Å²) >= 11 is 0. The quantitative estimate of drug-likeness (QED) is 0.277. The van der Waals surface area contributed by atoms with Crippen molar-refractivity contribution in [1.82, 2.24) is 10.5 Å². The van der Waals surface area contributed by atoms with Crippen molar-refractivity contribution in [3.05, 3.63) is 82.9 Å². The molecule has 0 spiro atoms. The monoisotopic (exact) mass is 461 g/mol. The molecule has 0 unspecified atom stereocenters. The molecule has 1 aromatic heterocycles. The van der Waals surface area contributed by atoms with Crippen molar-refractivity contribution in [3.8, 4) is 40.1 Å². The van der Waals surface area contributed by atoms with Gasteiger partial charge in [-0.15, -0.1) is 4.91 Å². The second-order valence-electron chi connectivity index (χ2n) is 7.27. The van der Waals surface area contributed by atoms with Gasteiger partial charge in [0.1, 0.15) is 40.0 Å². The smallest absolute Gasteiger partial charge is 0.273 e. The van der Waals surface area contributed by atoms with Crippen LogP contribution in [0.15, 0.2) is 76.4 Å². The molecule has 1 heterocycles. The summed E-state index contributed by atoms with van der Waals surface area (Å²) in [6, 6.07) is 16.2. The average Bonchev–Trinajstić information content (AvgIpc) is 3.30. The maximum Gasteiger partial charge on any atom is 0.273 e. The van der Waals surface area contributed by atoms with Crippen LogP contribution >= 0.6 is 0 Å². The maximum absolute atomic E-state index is 12.5. The summed E-state index contributed by atoms with van der Waals surface area (Å²) in [5, 5.41) is 39.0. The van der Waals surface area contributed by atoms with Crippen LogP contribution in [0.4, 0.5) is 5.69 Å². The van der Waals surface area contributed by atoms with Crippen molar-refractivity contribution in [2.75, 3.05) is 6.54 Å². The predicted molar refractivity (Wildman–Crippen MR) is 121 cm³/mol. The number of nitrogens with zero attached hydrogens (tertiary/aromatic N) is 2. The minimum absolute atomic E-state index is 0.0134. The lowest BCUT2D eigenvalue weighted by molar-refractivity contribution is 0.0945. The third-order valence-corrected chi connectivity index (χ3v) is 4.86. The lowest BCUT2D eigenvalue weighted by Gasteiger charge is -2.11. The molecule has 10 heteroatoms. The van der Waals surface area contributed by atoms with Gasteiger partial charge in [-0.05, 0) is 53.6 Å². The molecule has 4 N–H and O–H groups in total. The molecule has 0 aliphatic carbocycles. The van der Waals surface area contributed by atoms with E-state index in [0.29, 0.717) is 18.7 Å². The summed E-state index contributed by atoms with van der Waals surface area (Å²) in [5.41, 5.74) is 1.21. The van der Waals surface area contributed by atoms with Crippen LogP contribution < -0.4 is 10.1 Å². The van der Waals surface area contributed by atoms with Gasteiger partial charge in [0.05, 0.1) is 0 Å².